The normalized spacial score (nSPS) is 11.1. The second kappa shape index (κ2) is 10.2. The highest BCUT2D eigenvalue weighted by Crippen LogP contribution is 2.08. The Labute approximate surface area is 154 Å². The van der Waals surface area contributed by atoms with Gasteiger partial charge < -0.3 is 20.7 Å². The van der Waals surface area contributed by atoms with Crippen LogP contribution in [0.4, 0.5) is 4.79 Å². The smallest absolute Gasteiger partial charge is 0.408 e. The van der Waals surface area contributed by atoms with E-state index >= 15 is 0 Å². The first-order chi connectivity index (χ1) is 12.2. The summed E-state index contributed by atoms with van der Waals surface area (Å²) in [6.45, 7) is 7.55. The zero-order valence-electron chi connectivity index (χ0n) is 15.7. The minimum absolute atomic E-state index is 0.184. The lowest BCUT2D eigenvalue weighted by Gasteiger charge is -2.19. The molecule has 1 aromatic carbocycles. The summed E-state index contributed by atoms with van der Waals surface area (Å²) in [5, 5.41) is 7.62. The molecule has 0 atom stereocenters. The molecule has 0 spiro atoms. The molecule has 0 bridgehead atoms. The summed E-state index contributed by atoms with van der Waals surface area (Å²) >= 11 is 0. The van der Waals surface area contributed by atoms with E-state index in [0.29, 0.717) is 0 Å². The van der Waals surface area contributed by atoms with Gasteiger partial charge in [-0.05, 0) is 44.9 Å². The summed E-state index contributed by atoms with van der Waals surface area (Å²) in [7, 11) is 0. The minimum Gasteiger partial charge on any atom is -0.444 e. The maximum Gasteiger partial charge on any atom is 0.408 e. The maximum atomic E-state index is 11.7. The molecule has 0 aliphatic carbocycles. The first kappa shape index (κ1) is 21.2. The second-order valence-electron chi connectivity index (χ2n) is 6.69. The van der Waals surface area contributed by atoms with Crippen molar-refractivity contribution in [1.82, 2.24) is 16.0 Å². The van der Waals surface area contributed by atoms with E-state index in [-0.39, 0.29) is 31.4 Å². The van der Waals surface area contributed by atoms with Crippen molar-refractivity contribution in [1.29, 1.82) is 0 Å². The Balaban J connectivity index is 2.19. The van der Waals surface area contributed by atoms with E-state index in [1.165, 1.54) is 6.08 Å². The van der Waals surface area contributed by atoms with E-state index < -0.39 is 11.7 Å². The second-order valence-corrected chi connectivity index (χ2v) is 6.69. The van der Waals surface area contributed by atoms with E-state index in [2.05, 4.69) is 16.0 Å². The third kappa shape index (κ3) is 9.46. The van der Waals surface area contributed by atoms with E-state index in [0.717, 1.165) is 11.1 Å². The molecule has 0 saturated heterocycles. The van der Waals surface area contributed by atoms with Crippen LogP contribution >= 0.6 is 0 Å². The van der Waals surface area contributed by atoms with Gasteiger partial charge >= 0.3 is 6.09 Å². The molecule has 26 heavy (non-hydrogen) atoms. The van der Waals surface area contributed by atoms with E-state index in [4.69, 9.17) is 4.74 Å². The van der Waals surface area contributed by atoms with Gasteiger partial charge in [0.05, 0.1) is 6.54 Å². The Morgan fingerprint density at radius 2 is 1.69 bits per heavy atom. The molecule has 0 saturated carbocycles. The Morgan fingerprint density at radius 3 is 2.35 bits per heavy atom. The Kier molecular flexibility index (Phi) is 8.34. The van der Waals surface area contributed by atoms with Crippen LogP contribution in [0.15, 0.2) is 30.3 Å². The lowest BCUT2D eigenvalue weighted by atomic mass is 10.1. The number of benzene rings is 1. The lowest BCUT2D eigenvalue weighted by Crippen LogP contribution is -2.41. The topological polar surface area (TPSA) is 96.5 Å². The molecule has 1 rings (SSSR count). The quantitative estimate of drug-likeness (QED) is 0.509. The Bertz CT molecular complexity index is 663. The molecule has 0 fully saturated rings. The van der Waals surface area contributed by atoms with Crippen LogP contribution in [0, 0.1) is 6.92 Å². The third-order valence-corrected chi connectivity index (χ3v) is 3.14. The lowest BCUT2D eigenvalue weighted by molar-refractivity contribution is -0.120. The standard InChI is InChI=1S/C19H27N3O4/c1-14-7-5-6-8-15(14)9-10-16(23)20-11-12-21-17(24)13-22-18(25)26-19(2,3)4/h5-10H,11-13H2,1-4H3,(H,20,23)(H,21,24)(H,22,25)/b10-9+. The van der Waals surface area contributed by atoms with Crippen LogP contribution in [-0.2, 0) is 14.3 Å². The van der Waals surface area contributed by atoms with Crippen molar-refractivity contribution < 1.29 is 19.1 Å². The summed E-state index contributed by atoms with van der Waals surface area (Å²) in [4.78, 5) is 34.8. The number of ether oxygens (including phenoxy) is 1. The molecule has 0 aliphatic heterocycles. The van der Waals surface area contributed by atoms with Crippen LogP contribution in [-0.4, -0.2) is 43.1 Å². The average molecular weight is 361 g/mol. The van der Waals surface area contributed by atoms with Crippen LogP contribution < -0.4 is 16.0 Å². The van der Waals surface area contributed by atoms with Crippen molar-refractivity contribution in [3.63, 3.8) is 0 Å². The zero-order valence-corrected chi connectivity index (χ0v) is 15.7. The molecule has 7 heteroatoms. The van der Waals surface area contributed by atoms with Gasteiger partial charge in [0, 0.05) is 19.2 Å². The predicted molar refractivity (Wildman–Crippen MR) is 100 cm³/mol. The number of amides is 3. The van der Waals surface area contributed by atoms with E-state index in [1.807, 2.05) is 31.2 Å². The number of aryl methyl sites for hydroxylation is 1. The molecule has 0 aromatic heterocycles. The molecule has 1 aromatic rings. The number of hydrogen-bond donors (Lipinski definition) is 3. The molecular weight excluding hydrogens is 334 g/mol. The fourth-order valence-corrected chi connectivity index (χ4v) is 1.91. The summed E-state index contributed by atoms with van der Waals surface area (Å²) in [5.74, 6) is -0.602. The number of nitrogens with one attached hydrogen (secondary N) is 3. The Morgan fingerprint density at radius 1 is 1.04 bits per heavy atom. The highest BCUT2D eigenvalue weighted by molar-refractivity contribution is 5.91. The molecule has 3 N–H and O–H groups in total. The summed E-state index contributed by atoms with van der Waals surface area (Å²) in [6.07, 6.45) is 2.55. The first-order valence-corrected chi connectivity index (χ1v) is 8.42. The number of carbonyl (C=O) groups excluding carboxylic acids is 3. The van der Waals surface area contributed by atoms with Gasteiger partial charge in [0.25, 0.3) is 0 Å². The SMILES string of the molecule is Cc1ccccc1/C=C/C(=O)NCCNC(=O)CNC(=O)OC(C)(C)C. The summed E-state index contributed by atoms with van der Waals surface area (Å²) < 4.78 is 5.02. The van der Waals surface area contributed by atoms with Crippen molar-refractivity contribution in [2.45, 2.75) is 33.3 Å². The fourth-order valence-electron chi connectivity index (χ4n) is 1.91. The minimum atomic E-state index is -0.651. The summed E-state index contributed by atoms with van der Waals surface area (Å²) in [6, 6.07) is 7.74. The van der Waals surface area contributed by atoms with Crippen molar-refractivity contribution in [2.75, 3.05) is 19.6 Å². The Hall–Kier alpha value is -2.83. The maximum absolute atomic E-state index is 11.7. The van der Waals surface area contributed by atoms with Gasteiger partial charge in [0.2, 0.25) is 11.8 Å². The summed E-state index contributed by atoms with van der Waals surface area (Å²) in [5.41, 5.74) is 1.45. The van der Waals surface area contributed by atoms with Crippen molar-refractivity contribution in [3.8, 4) is 0 Å². The van der Waals surface area contributed by atoms with Gasteiger partial charge in [0.15, 0.2) is 0 Å². The number of rotatable bonds is 7. The van der Waals surface area contributed by atoms with Crippen LogP contribution in [0.25, 0.3) is 6.08 Å². The molecule has 3 amide bonds. The monoisotopic (exact) mass is 361 g/mol. The number of alkyl carbamates (subject to hydrolysis) is 1. The first-order valence-electron chi connectivity index (χ1n) is 8.42. The molecule has 7 nitrogen and oxygen atoms in total. The van der Waals surface area contributed by atoms with E-state index in [1.54, 1.807) is 26.8 Å². The molecule has 0 aliphatic rings. The highest BCUT2D eigenvalue weighted by atomic mass is 16.6. The highest BCUT2D eigenvalue weighted by Gasteiger charge is 2.16. The molecular formula is C19H27N3O4. The van der Waals surface area contributed by atoms with Gasteiger partial charge in [-0.3, -0.25) is 9.59 Å². The van der Waals surface area contributed by atoms with Gasteiger partial charge in [-0.1, -0.05) is 24.3 Å². The van der Waals surface area contributed by atoms with Crippen LogP contribution in [0.1, 0.15) is 31.9 Å². The number of carbonyl (C=O) groups is 3. The molecule has 142 valence electrons. The van der Waals surface area contributed by atoms with Gasteiger partial charge in [-0.15, -0.1) is 0 Å². The van der Waals surface area contributed by atoms with Gasteiger partial charge in [0.1, 0.15) is 5.60 Å². The van der Waals surface area contributed by atoms with Gasteiger partial charge in [-0.25, -0.2) is 4.79 Å². The predicted octanol–water partition coefficient (Wildman–Crippen LogP) is 1.77. The average Bonchev–Trinajstić information content (AvgIpc) is 2.54. The largest absolute Gasteiger partial charge is 0.444 e. The zero-order chi connectivity index (χ0) is 19.6. The van der Waals surface area contributed by atoms with Crippen LogP contribution in [0.2, 0.25) is 0 Å². The fraction of sp³-hybridized carbons (Fsp3) is 0.421. The van der Waals surface area contributed by atoms with Crippen molar-refractivity contribution in [3.05, 3.63) is 41.5 Å². The third-order valence-electron chi connectivity index (χ3n) is 3.14. The van der Waals surface area contributed by atoms with Crippen LogP contribution in [0.5, 0.6) is 0 Å². The van der Waals surface area contributed by atoms with E-state index in [9.17, 15) is 14.4 Å². The van der Waals surface area contributed by atoms with Gasteiger partial charge in [-0.2, -0.15) is 0 Å². The van der Waals surface area contributed by atoms with Crippen molar-refractivity contribution >= 4 is 24.0 Å². The van der Waals surface area contributed by atoms with Crippen molar-refractivity contribution in [2.24, 2.45) is 0 Å². The molecule has 0 heterocycles. The number of hydrogen-bond acceptors (Lipinski definition) is 4. The molecule has 0 unspecified atom stereocenters. The molecule has 0 radical (unpaired) electrons. The van der Waals surface area contributed by atoms with Crippen LogP contribution in [0.3, 0.4) is 0 Å².